The van der Waals surface area contributed by atoms with Gasteiger partial charge in [-0.15, -0.1) is 11.3 Å². The summed E-state index contributed by atoms with van der Waals surface area (Å²) < 4.78 is 3.55. The zero-order valence-electron chi connectivity index (χ0n) is 21.4. The molecule has 0 saturated carbocycles. The van der Waals surface area contributed by atoms with Crippen LogP contribution in [0.2, 0.25) is 0 Å². The van der Waals surface area contributed by atoms with E-state index in [1.54, 1.807) is 10.9 Å². The highest BCUT2D eigenvalue weighted by molar-refractivity contribution is 7.12. The zero-order valence-corrected chi connectivity index (χ0v) is 22.2. The Labute approximate surface area is 209 Å². The van der Waals surface area contributed by atoms with Gasteiger partial charge in [0.1, 0.15) is 5.39 Å². The van der Waals surface area contributed by atoms with E-state index in [1.165, 1.54) is 22.5 Å². The summed E-state index contributed by atoms with van der Waals surface area (Å²) >= 11 is 1.52. The molecule has 1 aliphatic rings. The molecule has 5 rings (SSSR count). The average Bonchev–Trinajstić information content (AvgIpc) is 3.36. The lowest BCUT2D eigenvalue weighted by atomic mass is 9.85. The average molecular weight is 492 g/mol. The maximum absolute atomic E-state index is 13.3. The van der Waals surface area contributed by atoms with Gasteiger partial charge in [0.25, 0.3) is 5.56 Å². The number of nitrogens with one attached hydrogen (secondary N) is 2. The van der Waals surface area contributed by atoms with Crippen LogP contribution < -0.4 is 16.2 Å². The molecule has 2 N–H and O–H groups in total. The third-order valence-electron chi connectivity index (χ3n) is 6.55. The normalized spacial score (nSPS) is 15.5. The van der Waals surface area contributed by atoms with Gasteiger partial charge in [0, 0.05) is 34.3 Å². The molecule has 184 valence electrons. The van der Waals surface area contributed by atoms with Crippen molar-refractivity contribution in [3.63, 3.8) is 0 Å². The molecule has 0 spiro atoms. The summed E-state index contributed by atoms with van der Waals surface area (Å²) in [6, 6.07) is 6.34. The third kappa shape index (κ3) is 4.16. The largest absolute Gasteiger partial charge is 0.324 e. The molecule has 3 aromatic heterocycles. The van der Waals surface area contributed by atoms with Crippen molar-refractivity contribution in [2.75, 3.05) is 11.9 Å². The minimum Gasteiger partial charge on any atom is -0.324 e. The van der Waals surface area contributed by atoms with Crippen LogP contribution in [0.1, 0.15) is 71.3 Å². The summed E-state index contributed by atoms with van der Waals surface area (Å²) in [7, 11) is 0. The number of hydrogen-bond acceptors (Lipinski definition) is 7. The monoisotopic (exact) mass is 491 g/mol. The number of aromatic nitrogens is 5. The molecule has 0 amide bonds. The quantitative estimate of drug-likeness (QED) is 0.416. The predicted octanol–water partition coefficient (Wildman–Crippen LogP) is 5.04. The van der Waals surface area contributed by atoms with Gasteiger partial charge in [0.2, 0.25) is 11.1 Å². The summed E-state index contributed by atoms with van der Waals surface area (Å²) in [4.78, 5) is 27.4. The number of rotatable bonds is 4. The molecule has 0 aliphatic carbocycles. The van der Waals surface area contributed by atoms with Gasteiger partial charge < -0.3 is 10.6 Å². The number of thiazole rings is 1. The van der Waals surface area contributed by atoms with Crippen molar-refractivity contribution in [2.24, 2.45) is 0 Å². The predicted molar refractivity (Wildman–Crippen MR) is 142 cm³/mol. The number of fused-ring (bicyclic) bond motifs is 2. The van der Waals surface area contributed by atoms with Crippen molar-refractivity contribution in [3.8, 4) is 5.13 Å². The molecule has 1 aromatic carbocycles. The van der Waals surface area contributed by atoms with Crippen LogP contribution in [0.4, 0.5) is 11.6 Å². The highest BCUT2D eigenvalue weighted by atomic mass is 32.1. The lowest BCUT2D eigenvalue weighted by Crippen LogP contribution is -2.42. The van der Waals surface area contributed by atoms with Gasteiger partial charge in [0.15, 0.2) is 5.65 Å². The Morgan fingerprint density at radius 1 is 1.20 bits per heavy atom. The Kier molecular flexibility index (Phi) is 5.60. The van der Waals surface area contributed by atoms with Crippen LogP contribution in [-0.2, 0) is 17.4 Å². The SMILES string of the molecule is CC(C)n1c(=O)c2cnc(Nc3ccc4c(c3)CCNC4(C)C)nc2n1-c1nc(C(C)(C)C)cs1. The number of benzene rings is 1. The first kappa shape index (κ1) is 23.7. The summed E-state index contributed by atoms with van der Waals surface area (Å²) in [5.74, 6) is 0.452. The molecule has 35 heavy (non-hydrogen) atoms. The van der Waals surface area contributed by atoms with Crippen LogP contribution in [0, 0.1) is 0 Å². The molecular weight excluding hydrogens is 458 g/mol. The fourth-order valence-electron chi connectivity index (χ4n) is 4.64. The molecule has 4 aromatic rings. The smallest absolute Gasteiger partial charge is 0.278 e. The second kappa shape index (κ2) is 8.27. The Morgan fingerprint density at radius 3 is 2.66 bits per heavy atom. The van der Waals surface area contributed by atoms with Gasteiger partial charge in [-0.1, -0.05) is 26.8 Å². The van der Waals surface area contributed by atoms with Crippen LogP contribution in [0.5, 0.6) is 0 Å². The molecule has 9 heteroatoms. The van der Waals surface area contributed by atoms with Gasteiger partial charge >= 0.3 is 0 Å². The Hall–Kier alpha value is -3.04. The minimum atomic E-state index is -0.113. The molecular formula is C26H33N7OS. The van der Waals surface area contributed by atoms with Gasteiger partial charge in [0.05, 0.1) is 5.69 Å². The second-order valence-electron chi connectivity index (χ2n) is 11.1. The standard InChI is InChI=1S/C26H33N7OS/c1-15(2)32-22(34)18-13-27-23(29-17-8-9-19-16(12-17)10-11-28-26(19,6)7)31-21(18)33(32)24-30-20(14-35-24)25(3,4)5/h8-9,12-15,28H,10-11H2,1-7H3,(H,27,29,31). The fourth-order valence-corrected chi connectivity index (χ4v) is 5.69. The van der Waals surface area contributed by atoms with Crippen molar-refractivity contribution < 1.29 is 0 Å². The number of nitrogens with zero attached hydrogens (tertiary/aromatic N) is 5. The van der Waals surface area contributed by atoms with Crippen molar-refractivity contribution in [1.29, 1.82) is 0 Å². The van der Waals surface area contributed by atoms with Crippen molar-refractivity contribution in [1.82, 2.24) is 29.6 Å². The number of hydrogen-bond donors (Lipinski definition) is 2. The molecule has 0 atom stereocenters. The molecule has 0 saturated heterocycles. The topological polar surface area (TPSA) is 89.7 Å². The first-order valence-corrected chi connectivity index (χ1v) is 13.0. The van der Waals surface area contributed by atoms with Gasteiger partial charge in [-0.3, -0.25) is 4.79 Å². The molecule has 0 bridgehead atoms. The number of anilines is 2. The molecule has 0 unspecified atom stereocenters. The molecule has 0 radical (unpaired) electrons. The fraction of sp³-hybridized carbons (Fsp3) is 0.462. The Balaban J connectivity index is 1.59. The Morgan fingerprint density at radius 2 is 1.97 bits per heavy atom. The van der Waals surface area contributed by atoms with E-state index in [9.17, 15) is 4.79 Å². The van der Waals surface area contributed by atoms with E-state index < -0.39 is 0 Å². The maximum Gasteiger partial charge on any atom is 0.278 e. The van der Waals surface area contributed by atoms with E-state index >= 15 is 0 Å². The summed E-state index contributed by atoms with van der Waals surface area (Å²) in [6.07, 6.45) is 2.59. The second-order valence-corrected chi connectivity index (χ2v) is 11.9. The highest BCUT2D eigenvalue weighted by Crippen LogP contribution is 2.31. The van der Waals surface area contributed by atoms with Crippen LogP contribution in [0.15, 0.2) is 34.6 Å². The van der Waals surface area contributed by atoms with Crippen molar-refractivity contribution in [3.05, 3.63) is 57.0 Å². The van der Waals surface area contributed by atoms with E-state index in [4.69, 9.17) is 9.97 Å². The van der Waals surface area contributed by atoms with Crippen LogP contribution >= 0.6 is 11.3 Å². The lowest BCUT2D eigenvalue weighted by Gasteiger charge is -2.34. The van der Waals surface area contributed by atoms with Crippen LogP contribution in [0.25, 0.3) is 16.2 Å². The van der Waals surface area contributed by atoms with Gasteiger partial charge in [-0.05, 0) is 63.9 Å². The van der Waals surface area contributed by atoms with Gasteiger partial charge in [-0.25, -0.2) is 19.3 Å². The zero-order chi connectivity index (χ0) is 25.1. The maximum atomic E-state index is 13.3. The highest BCUT2D eigenvalue weighted by Gasteiger charge is 2.27. The lowest BCUT2D eigenvalue weighted by molar-refractivity contribution is 0.382. The molecule has 4 heterocycles. The van der Waals surface area contributed by atoms with E-state index in [-0.39, 0.29) is 22.6 Å². The Bertz CT molecular complexity index is 1470. The molecule has 1 aliphatic heterocycles. The van der Waals surface area contributed by atoms with Gasteiger partial charge in [-0.2, -0.15) is 4.98 Å². The minimum absolute atomic E-state index is 0.0447. The van der Waals surface area contributed by atoms with Crippen LogP contribution in [-0.4, -0.2) is 30.9 Å². The van der Waals surface area contributed by atoms with Crippen LogP contribution in [0.3, 0.4) is 0 Å². The van der Waals surface area contributed by atoms with Crippen molar-refractivity contribution in [2.45, 2.75) is 71.9 Å². The van der Waals surface area contributed by atoms with E-state index in [0.29, 0.717) is 17.0 Å². The van der Waals surface area contributed by atoms with Crippen molar-refractivity contribution >= 4 is 34.0 Å². The molecule has 8 nitrogen and oxygen atoms in total. The third-order valence-corrected chi connectivity index (χ3v) is 7.37. The van der Waals surface area contributed by atoms with E-state index in [2.05, 4.69) is 73.8 Å². The first-order chi connectivity index (χ1) is 16.5. The van der Waals surface area contributed by atoms with E-state index in [0.717, 1.165) is 29.5 Å². The van der Waals surface area contributed by atoms with E-state index in [1.807, 2.05) is 18.5 Å². The summed E-state index contributed by atoms with van der Waals surface area (Å²) in [5.41, 5.74) is 4.86. The first-order valence-electron chi connectivity index (χ1n) is 12.1. The molecule has 0 fully saturated rings. The summed E-state index contributed by atoms with van der Waals surface area (Å²) in [6.45, 7) is 15.7. The summed E-state index contributed by atoms with van der Waals surface area (Å²) in [5, 5.41) is 10.2.